The van der Waals surface area contributed by atoms with E-state index in [1.54, 1.807) is 19.1 Å². The molecule has 1 aliphatic carbocycles. The van der Waals surface area contributed by atoms with Gasteiger partial charge in [0.15, 0.2) is 0 Å². The van der Waals surface area contributed by atoms with Crippen LogP contribution in [0.2, 0.25) is 0 Å². The van der Waals surface area contributed by atoms with Gasteiger partial charge in [0.2, 0.25) is 5.91 Å². The number of para-hydroxylation sites is 1. The Kier molecular flexibility index (Phi) is 10.8. The van der Waals surface area contributed by atoms with Gasteiger partial charge < -0.3 is 28.6 Å². The van der Waals surface area contributed by atoms with Crippen LogP contribution in [-0.2, 0) is 38.7 Å². The maximum atomic E-state index is 15.0. The number of amides is 2. The predicted molar refractivity (Wildman–Crippen MR) is 193 cm³/mol. The van der Waals surface area contributed by atoms with Gasteiger partial charge in [-0.05, 0) is 92.3 Å². The van der Waals surface area contributed by atoms with Crippen molar-refractivity contribution >= 4 is 22.9 Å². The van der Waals surface area contributed by atoms with Gasteiger partial charge in [-0.15, -0.1) is 0 Å². The summed E-state index contributed by atoms with van der Waals surface area (Å²) < 4.78 is 18.8. The van der Waals surface area contributed by atoms with Crippen molar-refractivity contribution in [2.24, 2.45) is 5.92 Å². The Morgan fingerprint density at radius 1 is 0.898 bits per heavy atom. The number of fused-ring (bicyclic) bond motifs is 1. The zero-order valence-corrected chi connectivity index (χ0v) is 29.7. The highest BCUT2D eigenvalue weighted by Crippen LogP contribution is 2.40. The normalized spacial score (nSPS) is 18.1. The van der Waals surface area contributed by atoms with Gasteiger partial charge in [-0.2, -0.15) is 0 Å². The van der Waals surface area contributed by atoms with E-state index in [0.717, 1.165) is 53.6 Å². The van der Waals surface area contributed by atoms with Crippen LogP contribution in [0.5, 0.6) is 0 Å². The highest BCUT2D eigenvalue weighted by Gasteiger charge is 2.43. The molecule has 1 aromatic heterocycles. The number of aryl methyl sites for hydroxylation is 1. The average molecular weight is 666 g/mol. The summed E-state index contributed by atoms with van der Waals surface area (Å²) in [5.74, 6) is -0.318. The second kappa shape index (κ2) is 15.2. The zero-order valence-electron chi connectivity index (χ0n) is 29.7. The number of benzene rings is 3. The van der Waals surface area contributed by atoms with Crippen LogP contribution in [0.4, 0.5) is 4.79 Å². The molecule has 3 aromatic carbocycles. The molecule has 2 fully saturated rings. The number of nitrogens with zero attached hydrogens (tertiary/aromatic N) is 3. The minimum absolute atomic E-state index is 0.0371. The van der Waals surface area contributed by atoms with E-state index >= 15 is 0 Å². The molecule has 8 heteroatoms. The summed E-state index contributed by atoms with van der Waals surface area (Å²) >= 11 is 0. The van der Waals surface area contributed by atoms with Crippen LogP contribution in [0.25, 0.3) is 22.0 Å². The lowest BCUT2D eigenvalue weighted by atomic mass is 9.78. The van der Waals surface area contributed by atoms with Gasteiger partial charge in [-0.1, -0.05) is 60.7 Å². The van der Waals surface area contributed by atoms with Gasteiger partial charge in [-0.3, -0.25) is 4.79 Å². The van der Waals surface area contributed by atoms with Crippen LogP contribution >= 0.6 is 0 Å². The first-order valence-electron chi connectivity index (χ1n) is 17.7. The van der Waals surface area contributed by atoms with Crippen molar-refractivity contribution < 1.29 is 23.8 Å². The molecule has 0 spiro atoms. The minimum atomic E-state index is -0.614. The molecular weight excluding hydrogens is 614 g/mol. The summed E-state index contributed by atoms with van der Waals surface area (Å²) in [7, 11) is 3.44. The average Bonchev–Trinajstić information content (AvgIpc) is 3.88. The number of hydrogen-bond donors (Lipinski definition) is 0. The molecule has 2 heterocycles. The number of likely N-dealkylation sites (tertiary alicyclic amines) is 1. The molecule has 8 nitrogen and oxygen atoms in total. The first-order chi connectivity index (χ1) is 23.6. The Labute approximate surface area is 290 Å². The number of methoxy groups -OCH3 is 2. The lowest BCUT2D eigenvalue weighted by molar-refractivity contribution is -0.139. The van der Waals surface area contributed by atoms with Crippen molar-refractivity contribution in [1.82, 2.24) is 14.4 Å². The Bertz CT molecular complexity index is 1750. The lowest BCUT2D eigenvalue weighted by Crippen LogP contribution is -2.51. The first-order valence-corrected chi connectivity index (χ1v) is 17.7. The van der Waals surface area contributed by atoms with Crippen molar-refractivity contribution in [3.8, 4) is 11.1 Å². The first kappa shape index (κ1) is 34.7. The summed E-state index contributed by atoms with van der Waals surface area (Å²) in [6.45, 7) is 9.16. The standard InChI is InChI=1S/C41H51N3O5/c1-41(2,3)49-40(46)43-21-19-35(32-14-9-13-31(24-32)30-12-8-11-29(23-30)28-48-5)37(27-43)39(45)44(34-17-18-34)26-33-25-42(20-10-22-47-4)38-16-7-6-15-36(33)38/h6-9,11-16,23-25,34-35,37H,10,17-22,26-28H2,1-5H3/t35-,37+/m1/s1. The lowest BCUT2D eigenvalue weighted by Gasteiger charge is -2.40. The van der Waals surface area contributed by atoms with E-state index in [0.29, 0.717) is 39.3 Å². The Morgan fingerprint density at radius 2 is 1.65 bits per heavy atom. The SMILES string of the molecule is COCCCn1cc(CN(C(=O)[C@H]2CN(C(=O)OC(C)(C)C)CC[C@@H]2c2cccc(-c3cccc(COC)c3)c2)C2CC2)c2ccccc21. The van der Waals surface area contributed by atoms with Crippen LogP contribution in [0, 0.1) is 5.92 Å². The van der Waals surface area contributed by atoms with Crippen molar-refractivity contribution in [2.45, 2.75) is 83.7 Å². The van der Waals surface area contributed by atoms with Crippen molar-refractivity contribution in [1.29, 1.82) is 0 Å². The Hall–Kier alpha value is -4.14. The monoisotopic (exact) mass is 665 g/mol. The number of hydrogen-bond acceptors (Lipinski definition) is 5. The van der Waals surface area contributed by atoms with Crippen molar-refractivity contribution in [2.75, 3.05) is 33.9 Å². The van der Waals surface area contributed by atoms with Gasteiger partial charge in [0.25, 0.3) is 0 Å². The Balaban J connectivity index is 1.32. The van der Waals surface area contributed by atoms with E-state index in [2.05, 4.69) is 88.5 Å². The highest BCUT2D eigenvalue weighted by molar-refractivity contribution is 5.86. The third-order valence-electron chi connectivity index (χ3n) is 9.70. The molecule has 6 rings (SSSR count). The number of piperidine rings is 1. The molecule has 1 saturated carbocycles. The van der Waals surface area contributed by atoms with Crippen molar-refractivity contribution in [3.05, 3.63) is 95.7 Å². The number of carbonyl (C=O) groups excluding carboxylic acids is 2. The fourth-order valence-electron chi connectivity index (χ4n) is 7.23. The van der Waals surface area contributed by atoms with Gasteiger partial charge in [0.1, 0.15) is 5.60 Å². The quantitative estimate of drug-likeness (QED) is 0.143. The molecule has 1 saturated heterocycles. The molecule has 260 valence electrons. The molecule has 4 aromatic rings. The third-order valence-corrected chi connectivity index (χ3v) is 9.70. The van der Waals surface area contributed by atoms with E-state index in [1.807, 2.05) is 20.8 Å². The highest BCUT2D eigenvalue weighted by atomic mass is 16.6. The Morgan fingerprint density at radius 3 is 2.39 bits per heavy atom. The molecule has 0 radical (unpaired) electrons. The van der Waals surface area contributed by atoms with Crippen LogP contribution in [0.15, 0.2) is 79.0 Å². The van der Waals surface area contributed by atoms with Crippen LogP contribution in [0.1, 0.15) is 69.1 Å². The van der Waals surface area contributed by atoms with E-state index in [1.165, 1.54) is 10.9 Å². The predicted octanol–water partition coefficient (Wildman–Crippen LogP) is 8.02. The fourth-order valence-corrected chi connectivity index (χ4v) is 7.23. The molecule has 0 bridgehead atoms. The van der Waals surface area contributed by atoms with E-state index < -0.39 is 11.5 Å². The summed E-state index contributed by atoms with van der Waals surface area (Å²) in [6.07, 6.45) is 5.46. The van der Waals surface area contributed by atoms with Crippen molar-refractivity contribution in [3.63, 3.8) is 0 Å². The maximum absolute atomic E-state index is 15.0. The molecule has 0 N–H and O–H groups in total. The maximum Gasteiger partial charge on any atom is 0.410 e. The second-order valence-corrected chi connectivity index (χ2v) is 14.6. The van der Waals surface area contributed by atoms with Gasteiger partial charge in [-0.25, -0.2) is 4.79 Å². The number of ether oxygens (including phenoxy) is 3. The number of rotatable bonds is 12. The van der Waals surface area contributed by atoms with E-state index in [9.17, 15) is 9.59 Å². The summed E-state index contributed by atoms with van der Waals surface area (Å²) in [5, 5.41) is 1.18. The second-order valence-electron chi connectivity index (χ2n) is 14.6. The fraction of sp³-hybridized carbons (Fsp3) is 0.463. The number of carbonyl (C=O) groups is 2. The molecule has 2 atom stereocenters. The molecule has 2 aliphatic rings. The topological polar surface area (TPSA) is 73.2 Å². The van der Waals surface area contributed by atoms with Crippen LogP contribution in [-0.4, -0.2) is 71.9 Å². The largest absolute Gasteiger partial charge is 0.444 e. The third kappa shape index (κ3) is 8.36. The summed E-state index contributed by atoms with van der Waals surface area (Å²) in [6, 6.07) is 25.7. The molecule has 2 amide bonds. The minimum Gasteiger partial charge on any atom is -0.444 e. The van der Waals surface area contributed by atoms with Gasteiger partial charge >= 0.3 is 6.09 Å². The summed E-state index contributed by atoms with van der Waals surface area (Å²) in [4.78, 5) is 32.2. The molecular formula is C41H51N3O5. The molecule has 49 heavy (non-hydrogen) atoms. The summed E-state index contributed by atoms with van der Waals surface area (Å²) in [5.41, 5.74) is 6.18. The molecule has 1 aliphatic heterocycles. The van der Waals surface area contributed by atoms with Gasteiger partial charge in [0.05, 0.1) is 12.5 Å². The van der Waals surface area contributed by atoms with Gasteiger partial charge in [0, 0.05) is 70.1 Å². The van der Waals surface area contributed by atoms with E-state index in [-0.39, 0.29) is 24.0 Å². The molecule has 0 unspecified atom stereocenters. The van der Waals surface area contributed by atoms with Crippen LogP contribution < -0.4 is 0 Å². The van der Waals surface area contributed by atoms with Crippen LogP contribution in [0.3, 0.4) is 0 Å². The smallest absolute Gasteiger partial charge is 0.410 e. The van der Waals surface area contributed by atoms with E-state index in [4.69, 9.17) is 14.2 Å². The number of aromatic nitrogens is 1. The zero-order chi connectivity index (χ0) is 34.5.